The van der Waals surface area contributed by atoms with E-state index in [1.165, 1.54) is 0 Å². The number of rotatable bonds is 6. The van der Waals surface area contributed by atoms with Crippen molar-refractivity contribution in [1.82, 2.24) is 19.9 Å². The van der Waals surface area contributed by atoms with Gasteiger partial charge < -0.3 is 9.63 Å². The molecule has 1 atom stereocenters. The number of nitrogens with zero attached hydrogens (tertiary/aromatic N) is 4. The van der Waals surface area contributed by atoms with Gasteiger partial charge in [0.05, 0.1) is 13.1 Å². The van der Waals surface area contributed by atoms with E-state index in [9.17, 15) is 18.0 Å². The van der Waals surface area contributed by atoms with Crippen molar-refractivity contribution in [2.75, 3.05) is 26.7 Å². The van der Waals surface area contributed by atoms with Crippen LogP contribution < -0.4 is 0 Å². The predicted molar refractivity (Wildman–Crippen MR) is 92.8 cm³/mol. The predicted octanol–water partition coefficient (Wildman–Crippen LogP) is 2.52. The molecule has 1 aromatic heterocycles. The number of carboxylic acid groups (broad SMARTS) is 1. The van der Waals surface area contributed by atoms with E-state index >= 15 is 0 Å². The summed E-state index contributed by atoms with van der Waals surface area (Å²) in [6.45, 7) is 1.89. The lowest BCUT2D eigenvalue weighted by molar-refractivity contribution is -0.138. The molecular formula is C18H21F3N4O3. The quantitative estimate of drug-likeness (QED) is 0.749. The number of aromatic nitrogens is 2. The van der Waals surface area contributed by atoms with Crippen molar-refractivity contribution in [1.29, 1.82) is 0 Å². The molecule has 1 fully saturated rings. The van der Waals surface area contributed by atoms with Crippen LogP contribution in [0.4, 0.5) is 13.2 Å². The minimum atomic E-state index is -1.54. The van der Waals surface area contributed by atoms with Crippen LogP contribution in [0.3, 0.4) is 0 Å². The lowest BCUT2D eigenvalue weighted by Crippen LogP contribution is -2.36. The van der Waals surface area contributed by atoms with Gasteiger partial charge in [-0.25, -0.2) is 13.2 Å². The molecule has 0 aliphatic carbocycles. The zero-order valence-electron chi connectivity index (χ0n) is 15.4. The van der Waals surface area contributed by atoms with Gasteiger partial charge in [0, 0.05) is 18.2 Å². The standard InChI is InChI=1S/C18H21F3N4O3/c1-24(10-16(26)27)12-3-2-5-25(6-4-12)9-15-22-18(23-28-15)11-7-13(19)17(21)14(20)8-11/h7-8,12H,2-6,9-10H2,1H3,(H,26,27). The zero-order chi connectivity index (χ0) is 20.3. The first-order valence-electron chi connectivity index (χ1n) is 8.95. The van der Waals surface area contributed by atoms with Crippen molar-refractivity contribution in [3.63, 3.8) is 0 Å². The Balaban J connectivity index is 1.62. The van der Waals surface area contributed by atoms with Crippen molar-refractivity contribution in [2.24, 2.45) is 0 Å². The SMILES string of the molecule is CN(CC(=O)O)C1CCCN(Cc2nc(-c3cc(F)c(F)c(F)c3)no2)CC1. The van der Waals surface area contributed by atoms with E-state index in [0.29, 0.717) is 6.54 Å². The smallest absolute Gasteiger partial charge is 0.317 e. The summed E-state index contributed by atoms with van der Waals surface area (Å²) in [6, 6.07) is 1.83. The molecule has 1 aromatic carbocycles. The van der Waals surface area contributed by atoms with Gasteiger partial charge in [0.1, 0.15) is 0 Å². The molecular weight excluding hydrogens is 377 g/mol. The highest BCUT2D eigenvalue weighted by molar-refractivity contribution is 5.69. The molecule has 1 unspecified atom stereocenters. The minimum Gasteiger partial charge on any atom is -0.480 e. The van der Waals surface area contributed by atoms with Crippen LogP contribution in [0.1, 0.15) is 25.2 Å². The summed E-state index contributed by atoms with van der Waals surface area (Å²) in [5, 5.41) is 12.7. The van der Waals surface area contributed by atoms with Gasteiger partial charge in [-0.1, -0.05) is 5.16 Å². The molecule has 1 aliphatic rings. The number of hydrogen-bond acceptors (Lipinski definition) is 6. The number of hydrogen-bond donors (Lipinski definition) is 1. The number of likely N-dealkylation sites (N-methyl/N-ethyl adjacent to an activating group) is 1. The molecule has 0 saturated carbocycles. The molecule has 1 N–H and O–H groups in total. The number of aliphatic carboxylic acids is 1. The third-order valence-electron chi connectivity index (χ3n) is 4.87. The summed E-state index contributed by atoms with van der Waals surface area (Å²) in [7, 11) is 1.81. The highest BCUT2D eigenvalue weighted by Crippen LogP contribution is 2.22. The number of halogens is 3. The first-order valence-corrected chi connectivity index (χ1v) is 8.95. The van der Waals surface area contributed by atoms with Gasteiger partial charge in [-0.2, -0.15) is 4.98 Å². The fourth-order valence-electron chi connectivity index (χ4n) is 3.39. The van der Waals surface area contributed by atoms with Crippen LogP contribution in [-0.4, -0.2) is 63.7 Å². The van der Waals surface area contributed by atoms with Crippen LogP contribution in [0.2, 0.25) is 0 Å². The summed E-state index contributed by atoms with van der Waals surface area (Å²) in [6.07, 6.45) is 2.59. The second-order valence-corrected chi connectivity index (χ2v) is 6.94. The summed E-state index contributed by atoms with van der Waals surface area (Å²) < 4.78 is 45.0. The van der Waals surface area contributed by atoms with E-state index in [2.05, 4.69) is 15.0 Å². The van der Waals surface area contributed by atoms with Crippen LogP contribution in [-0.2, 0) is 11.3 Å². The maximum atomic E-state index is 13.4. The Kier molecular flexibility index (Phi) is 6.30. The molecule has 10 heteroatoms. The zero-order valence-corrected chi connectivity index (χ0v) is 15.4. The van der Waals surface area contributed by atoms with Crippen molar-refractivity contribution in [3.05, 3.63) is 35.5 Å². The molecule has 0 radical (unpaired) electrons. The molecule has 3 rings (SSSR count). The number of likely N-dealkylation sites (tertiary alicyclic amines) is 1. The Morgan fingerprint density at radius 3 is 2.68 bits per heavy atom. The molecule has 2 heterocycles. The monoisotopic (exact) mass is 398 g/mol. The largest absolute Gasteiger partial charge is 0.480 e. The molecule has 0 bridgehead atoms. The Morgan fingerprint density at radius 2 is 2.00 bits per heavy atom. The lowest BCUT2D eigenvalue weighted by atomic mass is 10.1. The van der Waals surface area contributed by atoms with E-state index in [1.807, 2.05) is 4.90 Å². The van der Waals surface area contributed by atoms with Crippen molar-refractivity contribution in [2.45, 2.75) is 31.8 Å². The Hall–Kier alpha value is -2.46. The maximum Gasteiger partial charge on any atom is 0.317 e. The van der Waals surface area contributed by atoms with E-state index in [4.69, 9.17) is 9.63 Å². The van der Waals surface area contributed by atoms with E-state index < -0.39 is 23.4 Å². The molecule has 152 valence electrons. The minimum absolute atomic E-state index is 0.00220. The summed E-state index contributed by atoms with van der Waals surface area (Å²) in [4.78, 5) is 19.0. The lowest BCUT2D eigenvalue weighted by Gasteiger charge is -2.25. The second kappa shape index (κ2) is 8.70. The maximum absolute atomic E-state index is 13.4. The molecule has 28 heavy (non-hydrogen) atoms. The van der Waals surface area contributed by atoms with Gasteiger partial charge in [0.15, 0.2) is 17.5 Å². The highest BCUT2D eigenvalue weighted by Gasteiger charge is 2.23. The first-order chi connectivity index (χ1) is 13.3. The third kappa shape index (κ3) is 4.87. The van der Waals surface area contributed by atoms with Gasteiger partial charge in [0.2, 0.25) is 11.7 Å². The van der Waals surface area contributed by atoms with Gasteiger partial charge in [0.25, 0.3) is 0 Å². The third-order valence-corrected chi connectivity index (χ3v) is 4.87. The molecule has 7 nitrogen and oxygen atoms in total. The number of benzene rings is 1. The van der Waals surface area contributed by atoms with E-state index in [1.54, 1.807) is 7.05 Å². The van der Waals surface area contributed by atoms with Crippen molar-refractivity contribution >= 4 is 5.97 Å². The van der Waals surface area contributed by atoms with Crippen LogP contribution in [0.25, 0.3) is 11.4 Å². The molecule has 2 aromatic rings. The Bertz CT molecular complexity index is 822. The molecule has 1 aliphatic heterocycles. The molecule has 1 saturated heterocycles. The summed E-state index contributed by atoms with van der Waals surface area (Å²) in [5.74, 6) is -4.75. The average molecular weight is 398 g/mol. The normalized spacial score (nSPS) is 18.4. The van der Waals surface area contributed by atoms with Crippen LogP contribution >= 0.6 is 0 Å². The van der Waals surface area contributed by atoms with Gasteiger partial charge in [-0.05, 0) is 45.0 Å². The fourth-order valence-corrected chi connectivity index (χ4v) is 3.39. The first kappa shape index (κ1) is 20.3. The van der Waals surface area contributed by atoms with Gasteiger partial charge in [-0.15, -0.1) is 0 Å². The molecule has 0 amide bonds. The summed E-state index contributed by atoms with van der Waals surface area (Å²) >= 11 is 0. The Labute approximate surface area is 159 Å². The molecule has 0 spiro atoms. The number of carboxylic acids is 1. The fraction of sp³-hybridized carbons (Fsp3) is 0.500. The topological polar surface area (TPSA) is 82.7 Å². The van der Waals surface area contributed by atoms with Crippen molar-refractivity contribution in [3.8, 4) is 11.4 Å². The highest BCUT2D eigenvalue weighted by atomic mass is 19.2. The second-order valence-electron chi connectivity index (χ2n) is 6.94. The van der Waals surface area contributed by atoms with E-state index in [0.717, 1.165) is 44.5 Å². The van der Waals surface area contributed by atoms with E-state index in [-0.39, 0.29) is 29.9 Å². The van der Waals surface area contributed by atoms with Crippen LogP contribution in [0, 0.1) is 17.5 Å². The van der Waals surface area contributed by atoms with Gasteiger partial charge >= 0.3 is 5.97 Å². The van der Waals surface area contributed by atoms with Crippen LogP contribution in [0.5, 0.6) is 0 Å². The number of carbonyl (C=O) groups is 1. The average Bonchev–Trinajstić information content (AvgIpc) is 2.96. The van der Waals surface area contributed by atoms with Crippen molar-refractivity contribution < 1.29 is 27.6 Å². The summed E-state index contributed by atoms with van der Waals surface area (Å²) in [5.41, 5.74) is -0.00220. The van der Waals surface area contributed by atoms with Gasteiger partial charge in [-0.3, -0.25) is 14.6 Å². The Morgan fingerprint density at radius 1 is 1.29 bits per heavy atom. The van der Waals surface area contributed by atoms with Crippen LogP contribution in [0.15, 0.2) is 16.7 Å².